The van der Waals surface area contributed by atoms with Gasteiger partial charge >= 0.3 is 0 Å². The van der Waals surface area contributed by atoms with Crippen LogP contribution in [0, 0.1) is 0 Å². The molecule has 0 atom stereocenters. The molecule has 0 saturated heterocycles. The van der Waals surface area contributed by atoms with Crippen molar-refractivity contribution in [1.29, 1.82) is 0 Å². The average molecular weight is 505 g/mol. The van der Waals surface area contributed by atoms with Gasteiger partial charge in [-0.3, -0.25) is 0 Å². The van der Waals surface area contributed by atoms with Crippen molar-refractivity contribution in [2.24, 2.45) is 0 Å². The van der Waals surface area contributed by atoms with Crippen LogP contribution in [-0.2, 0) is 11.5 Å². The van der Waals surface area contributed by atoms with Crippen molar-refractivity contribution in [3.05, 3.63) is 145 Å². The van der Waals surface area contributed by atoms with Gasteiger partial charge in [-0.15, -0.1) is 0 Å². The first-order valence-electron chi connectivity index (χ1n) is 12.0. The van der Waals surface area contributed by atoms with Gasteiger partial charge < -0.3 is 9.80 Å². The number of thiol groups is 2. The highest BCUT2D eigenvalue weighted by molar-refractivity contribution is 7.79. The maximum Gasteiger partial charge on any atom is 0.0482 e. The quantitative estimate of drug-likeness (QED) is 0.203. The Kier molecular flexibility index (Phi) is 7.65. The Morgan fingerprint density at radius 2 is 0.694 bits per heavy atom. The molecule has 0 unspecified atom stereocenters. The van der Waals surface area contributed by atoms with Crippen molar-refractivity contribution in [3.63, 3.8) is 0 Å². The Morgan fingerprint density at radius 1 is 0.361 bits per heavy atom. The van der Waals surface area contributed by atoms with Crippen molar-refractivity contribution in [1.82, 2.24) is 0 Å². The molecule has 5 aromatic rings. The lowest BCUT2D eigenvalue weighted by Crippen LogP contribution is -2.13. The number of hydrogen-bond acceptors (Lipinski definition) is 4. The second-order valence-corrected chi connectivity index (χ2v) is 9.14. The smallest absolute Gasteiger partial charge is 0.0482 e. The fourth-order valence-corrected chi connectivity index (χ4v) is 4.74. The Morgan fingerprint density at radius 3 is 1.06 bits per heavy atom. The second-order valence-electron chi connectivity index (χ2n) is 8.51. The maximum absolute atomic E-state index is 4.43. The van der Waals surface area contributed by atoms with Gasteiger partial charge in [0.05, 0.1) is 0 Å². The van der Waals surface area contributed by atoms with E-state index in [2.05, 4.69) is 156 Å². The average Bonchev–Trinajstić information content (AvgIpc) is 2.96. The standard InChI is InChI=1S/C32H28N2S2/c35-23-25-14-18-29(19-15-25)33(27-8-3-1-4-9-27)31-12-7-13-32(22-31)34(28-10-5-2-6-11-28)30-20-16-26(24-36)17-21-30/h1-22,35-36H,23-24H2. The molecule has 0 spiro atoms. The summed E-state index contributed by atoms with van der Waals surface area (Å²) in [6, 6.07) is 46.9. The predicted molar refractivity (Wildman–Crippen MR) is 161 cm³/mol. The van der Waals surface area contributed by atoms with Crippen LogP contribution in [0.5, 0.6) is 0 Å². The van der Waals surface area contributed by atoms with E-state index in [0.717, 1.165) is 45.6 Å². The summed E-state index contributed by atoms with van der Waals surface area (Å²) >= 11 is 8.86. The molecule has 0 amide bonds. The summed E-state index contributed by atoms with van der Waals surface area (Å²) in [7, 11) is 0. The van der Waals surface area contributed by atoms with E-state index in [0.29, 0.717) is 0 Å². The van der Waals surface area contributed by atoms with Crippen molar-refractivity contribution in [3.8, 4) is 0 Å². The molecule has 0 fully saturated rings. The molecular formula is C32H28N2S2. The number of hydrogen-bond donors (Lipinski definition) is 2. The normalized spacial score (nSPS) is 10.7. The molecule has 2 nitrogen and oxygen atoms in total. The number of rotatable bonds is 8. The number of para-hydroxylation sites is 2. The van der Waals surface area contributed by atoms with Gasteiger partial charge in [-0.25, -0.2) is 0 Å². The molecule has 0 aliphatic carbocycles. The molecule has 0 bridgehead atoms. The molecule has 5 rings (SSSR count). The molecule has 0 aliphatic rings. The van der Waals surface area contributed by atoms with E-state index in [-0.39, 0.29) is 0 Å². The molecule has 0 radical (unpaired) electrons. The maximum atomic E-state index is 4.43. The molecule has 0 aliphatic heterocycles. The fourth-order valence-electron chi connectivity index (χ4n) is 4.32. The Labute approximate surface area is 224 Å². The summed E-state index contributed by atoms with van der Waals surface area (Å²) < 4.78 is 0. The minimum atomic E-state index is 0.721. The van der Waals surface area contributed by atoms with Crippen LogP contribution < -0.4 is 9.80 Å². The van der Waals surface area contributed by atoms with Gasteiger partial charge in [-0.05, 0) is 77.9 Å². The first-order valence-corrected chi connectivity index (χ1v) is 13.2. The summed E-state index contributed by atoms with van der Waals surface area (Å²) in [6.07, 6.45) is 0. The summed E-state index contributed by atoms with van der Waals surface area (Å²) in [5, 5.41) is 0. The Hall–Kier alpha value is -3.60. The largest absolute Gasteiger partial charge is 0.310 e. The van der Waals surface area contributed by atoms with Gasteiger partial charge in [0.15, 0.2) is 0 Å². The van der Waals surface area contributed by atoms with Gasteiger partial charge in [0.25, 0.3) is 0 Å². The predicted octanol–water partition coefficient (Wildman–Crippen LogP) is 9.49. The molecule has 0 saturated carbocycles. The van der Waals surface area contributed by atoms with E-state index >= 15 is 0 Å². The molecule has 0 N–H and O–H groups in total. The van der Waals surface area contributed by atoms with E-state index in [1.54, 1.807) is 0 Å². The molecule has 36 heavy (non-hydrogen) atoms. The third-order valence-corrected chi connectivity index (χ3v) is 6.86. The lowest BCUT2D eigenvalue weighted by atomic mass is 10.1. The fraction of sp³-hybridized carbons (Fsp3) is 0.0625. The summed E-state index contributed by atoms with van der Waals surface area (Å²) in [5.41, 5.74) is 9.00. The van der Waals surface area contributed by atoms with Crippen LogP contribution in [-0.4, -0.2) is 0 Å². The van der Waals surface area contributed by atoms with Gasteiger partial charge in [-0.2, -0.15) is 25.3 Å². The zero-order valence-corrected chi connectivity index (χ0v) is 21.7. The van der Waals surface area contributed by atoms with Crippen molar-refractivity contribution in [2.75, 3.05) is 9.80 Å². The number of benzene rings is 5. The highest BCUT2D eigenvalue weighted by Crippen LogP contribution is 2.40. The lowest BCUT2D eigenvalue weighted by Gasteiger charge is -2.29. The van der Waals surface area contributed by atoms with Gasteiger partial charge in [0.1, 0.15) is 0 Å². The van der Waals surface area contributed by atoms with E-state index in [1.165, 1.54) is 11.1 Å². The minimum Gasteiger partial charge on any atom is -0.310 e. The zero-order chi connectivity index (χ0) is 24.7. The van der Waals surface area contributed by atoms with Gasteiger partial charge in [0.2, 0.25) is 0 Å². The van der Waals surface area contributed by atoms with E-state index < -0.39 is 0 Å². The monoisotopic (exact) mass is 504 g/mol. The van der Waals surface area contributed by atoms with Gasteiger partial charge in [0, 0.05) is 45.6 Å². The second kappa shape index (κ2) is 11.4. The molecule has 0 aromatic heterocycles. The van der Waals surface area contributed by atoms with Crippen LogP contribution >= 0.6 is 25.3 Å². The first-order chi connectivity index (χ1) is 17.8. The van der Waals surface area contributed by atoms with Crippen molar-refractivity contribution in [2.45, 2.75) is 11.5 Å². The van der Waals surface area contributed by atoms with Crippen LogP contribution in [0.4, 0.5) is 34.1 Å². The first kappa shape index (κ1) is 24.1. The molecule has 0 heterocycles. The summed E-state index contributed by atoms with van der Waals surface area (Å²) in [4.78, 5) is 4.58. The Balaban J connectivity index is 1.63. The molecule has 4 heteroatoms. The van der Waals surface area contributed by atoms with Crippen LogP contribution in [0.1, 0.15) is 11.1 Å². The Bertz CT molecular complexity index is 1280. The highest BCUT2D eigenvalue weighted by Gasteiger charge is 2.17. The van der Waals surface area contributed by atoms with Gasteiger partial charge in [-0.1, -0.05) is 66.7 Å². The third kappa shape index (κ3) is 5.30. The summed E-state index contributed by atoms with van der Waals surface area (Å²) in [6.45, 7) is 0. The van der Waals surface area contributed by atoms with Crippen molar-refractivity contribution < 1.29 is 0 Å². The van der Waals surface area contributed by atoms with E-state index in [9.17, 15) is 0 Å². The minimum absolute atomic E-state index is 0.721. The van der Waals surface area contributed by atoms with E-state index in [4.69, 9.17) is 0 Å². The van der Waals surface area contributed by atoms with Crippen LogP contribution in [0.3, 0.4) is 0 Å². The third-order valence-electron chi connectivity index (χ3n) is 6.13. The summed E-state index contributed by atoms with van der Waals surface area (Å²) in [5.74, 6) is 1.44. The molecular weight excluding hydrogens is 477 g/mol. The SMILES string of the molecule is SCc1ccc(N(c2ccccc2)c2cccc(N(c3ccccc3)c3ccc(CS)cc3)c2)cc1. The molecule has 5 aromatic carbocycles. The van der Waals surface area contributed by atoms with Crippen molar-refractivity contribution >= 4 is 59.4 Å². The molecule has 178 valence electrons. The highest BCUT2D eigenvalue weighted by atomic mass is 32.1. The van der Waals surface area contributed by atoms with E-state index in [1.807, 2.05) is 12.1 Å². The zero-order valence-electron chi connectivity index (χ0n) is 19.9. The lowest BCUT2D eigenvalue weighted by molar-refractivity contribution is 1.24. The van der Waals surface area contributed by atoms with Crippen LogP contribution in [0.25, 0.3) is 0 Å². The number of anilines is 6. The number of nitrogens with zero attached hydrogens (tertiary/aromatic N) is 2. The topological polar surface area (TPSA) is 6.48 Å². The van der Waals surface area contributed by atoms with Crippen LogP contribution in [0.2, 0.25) is 0 Å². The van der Waals surface area contributed by atoms with Crippen LogP contribution in [0.15, 0.2) is 133 Å².